The lowest BCUT2D eigenvalue weighted by atomic mass is 9.86. The van der Waals surface area contributed by atoms with Crippen molar-refractivity contribution >= 4 is 0 Å². The van der Waals surface area contributed by atoms with Gasteiger partial charge in [0.2, 0.25) is 0 Å². The second-order valence-electron chi connectivity index (χ2n) is 6.53. The van der Waals surface area contributed by atoms with Crippen molar-refractivity contribution in [1.29, 1.82) is 0 Å². The minimum Gasteiger partial charge on any atom is -0.378 e. The Kier molecular flexibility index (Phi) is 6.25. The van der Waals surface area contributed by atoms with E-state index in [1.54, 1.807) is 0 Å². The SMILES string of the molecule is CCCNC(Cc1cc(C)cc(C)c1)C1CCOC1CC. The van der Waals surface area contributed by atoms with E-state index in [2.05, 4.69) is 51.2 Å². The Morgan fingerprint density at radius 2 is 1.90 bits per heavy atom. The highest BCUT2D eigenvalue weighted by atomic mass is 16.5. The zero-order valence-electron chi connectivity index (χ0n) is 14.1. The smallest absolute Gasteiger partial charge is 0.0616 e. The van der Waals surface area contributed by atoms with Gasteiger partial charge in [0.15, 0.2) is 0 Å². The van der Waals surface area contributed by atoms with Crippen molar-refractivity contribution in [2.45, 2.75) is 65.5 Å². The molecule has 21 heavy (non-hydrogen) atoms. The number of hydrogen-bond donors (Lipinski definition) is 1. The molecular weight excluding hydrogens is 258 g/mol. The van der Waals surface area contributed by atoms with Crippen LogP contribution in [0.15, 0.2) is 18.2 Å². The third-order valence-electron chi connectivity index (χ3n) is 4.57. The summed E-state index contributed by atoms with van der Waals surface area (Å²) >= 11 is 0. The van der Waals surface area contributed by atoms with Gasteiger partial charge in [-0.15, -0.1) is 0 Å². The summed E-state index contributed by atoms with van der Waals surface area (Å²) in [4.78, 5) is 0. The molecule has 1 N–H and O–H groups in total. The highest BCUT2D eigenvalue weighted by Crippen LogP contribution is 2.28. The maximum absolute atomic E-state index is 5.92. The first-order chi connectivity index (χ1) is 10.1. The van der Waals surface area contributed by atoms with Gasteiger partial charge in [-0.25, -0.2) is 0 Å². The molecule has 1 aromatic carbocycles. The van der Waals surface area contributed by atoms with Crippen LogP contribution in [0.5, 0.6) is 0 Å². The van der Waals surface area contributed by atoms with Crippen LogP contribution >= 0.6 is 0 Å². The Hall–Kier alpha value is -0.860. The first-order valence-corrected chi connectivity index (χ1v) is 8.56. The molecule has 0 aromatic heterocycles. The summed E-state index contributed by atoms with van der Waals surface area (Å²) in [5.74, 6) is 0.655. The second kappa shape index (κ2) is 7.95. The monoisotopic (exact) mass is 289 g/mol. The summed E-state index contributed by atoms with van der Waals surface area (Å²) in [6, 6.07) is 7.47. The number of nitrogens with one attached hydrogen (secondary N) is 1. The molecule has 1 aromatic rings. The van der Waals surface area contributed by atoms with E-state index in [9.17, 15) is 0 Å². The van der Waals surface area contributed by atoms with Gasteiger partial charge in [0.25, 0.3) is 0 Å². The minimum atomic E-state index is 0.435. The number of hydrogen-bond acceptors (Lipinski definition) is 2. The molecule has 3 atom stereocenters. The lowest BCUT2D eigenvalue weighted by Gasteiger charge is -2.28. The molecule has 2 nitrogen and oxygen atoms in total. The van der Waals surface area contributed by atoms with Crippen LogP contribution in [0.1, 0.15) is 49.8 Å². The Morgan fingerprint density at radius 3 is 2.52 bits per heavy atom. The van der Waals surface area contributed by atoms with Crippen LogP contribution in [-0.2, 0) is 11.2 Å². The molecule has 0 bridgehead atoms. The van der Waals surface area contributed by atoms with E-state index in [1.807, 2.05) is 0 Å². The summed E-state index contributed by atoms with van der Waals surface area (Å²) in [6.07, 6.45) is 5.07. The van der Waals surface area contributed by atoms with Gasteiger partial charge in [-0.2, -0.15) is 0 Å². The van der Waals surface area contributed by atoms with Crippen LogP contribution in [0, 0.1) is 19.8 Å². The van der Waals surface area contributed by atoms with Gasteiger partial charge < -0.3 is 10.1 Å². The highest BCUT2D eigenvalue weighted by molar-refractivity contribution is 5.29. The topological polar surface area (TPSA) is 21.3 Å². The molecular formula is C19H31NO. The van der Waals surface area contributed by atoms with Crippen molar-refractivity contribution in [2.75, 3.05) is 13.2 Å². The van der Waals surface area contributed by atoms with Crippen molar-refractivity contribution in [1.82, 2.24) is 5.32 Å². The van der Waals surface area contributed by atoms with E-state index < -0.39 is 0 Å². The molecule has 1 saturated heterocycles. The normalized spacial score (nSPS) is 23.4. The second-order valence-corrected chi connectivity index (χ2v) is 6.53. The van der Waals surface area contributed by atoms with Crippen molar-refractivity contribution in [2.24, 2.45) is 5.92 Å². The van der Waals surface area contributed by atoms with Gasteiger partial charge in [0, 0.05) is 18.6 Å². The fourth-order valence-corrected chi connectivity index (χ4v) is 3.69. The molecule has 0 aliphatic carbocycles. The first-order valence-electron chi connectivity index (χ1n) is 8.56. The van der Waals surface area contributed by atoms with Crippen LogP contribution in [0.3, 0.4) is 0 Å². The molecule has 1 aliphatic heterocycles. The van der Waals surface area contributed by atoms with Crippen LogP contribution < -0.4 is 5.32 Å². The van der Waals surface area contributed by atoms with Crippen LogP contribution in [0.25, 0.3) is 0 Å². The maximum atomic E-state index is 5.92. The summed E-state index contributed by atoms with van der Waals surface area (Å²) in [5.41, 5.74) is 4.20. The minimum absolute atomic E-state index is 0.435. The van der Waals surface area contributed by atoms with Crippen molar-refractivity contribution in [3.63, 3.8) is 0 Å². The van der Waals surface area contributed by atoms with E-state index >= 15 is 0 Å². The molecule has 3 unspecified atom stereocenters. The largest absolute Gasteiger partial charge is 0.378 e. The van der Waals surface area contributed by atoms with Gasteiger partial charge in [-0.1, -0.05) is 43.2 Å². The number of aryl methyl sites for hydroxylation is 2. The van der Waals surface area contributed by atoms with Crippen LogP contribution in [-0.4, -0.2) is 25.3 Å². The molecule has 1 fully saturated rings. The van der Waals surface area contributed by atoms with Gasteiger partial charge in [0.05, 0.1) is 6.10 Å². The van der Waals surface area contributed by atoms with Gasteiger partial charge >= 0.3 is 0 Å². The highest BCUT2D eigenvalue weighted by Gasteiger charge is 2.33. The number of benzene rings is 1. The molecule has 2 heteroatoms. The fraction of sp³-hybridized carbons (Fsp3) is 0.684. The lowest BCUT2D eigenvalue weighted by molar-refractivity contribution is 0.0775. The molecule has 2 rings (SSSR count). The summed E-state index contributed by atoms with van der Waals surface area (Å²) in [7, 11) is 0. The van der Waals surface area contributed by atoms with Crippen molar-refractivity contribution in [3.05, 3.63) is 34.9 Å². The molecule has 1 heterocycles. The fourth-order valence-electron chi connectivity index (χ4n) is 3.69. The van der Waals surface area contributed by atoms with Gasteiger partial charge in [-0.3, -0.25) is 0 Å². The number of rotatable bonds is 7. The molecule has 0 amide bonds. The van der Waals surface area contributed by atoms with E-state index in [1.165, 1.54) is 29.5 Å². The van der Waals surface area contributed by atoms with Crippen molar-refractivity contribution < 1.29 is 4.74 Å². The summed E-state index contributed by atoms with van der Waals surface area (Å²) < 4.78 is 5.92. The predicted molar refractivity (Wildman–Crippen MR) is 89.8 cm³/mol. The third kappa shape index (κ3) is 4.55. The average Bonchev–Trinajstić information content (AvgIpc) is 2.90. The summed E-state index contributed by atoms with van der Waals surface area (Å²) in [5, 5.41) is 3.78. The Bertz CT molecular complexity index is 423. The third-order valence-corrected chi connectivity index (χ3v) is 4.57. The van der Waals surface area contributed by atoms with Crippen molar-refractivity contribution in [3.8, 4) is 0 Å². The molecule has 0 spiro atoms. The zero-order chi connectivity index (χ0) is 15.2. The van der Waals surface area contributed by atoms with E-state index in [-0.39, 0.29) is 0 Å². The standard InChI is InChI=1S/C19H31NO/c1-5-8-20-18(17-7-9-21-19(17)6-2)13-16-11-14(3)10-15(4)12-16/h10-12,17-20H,5-9,13H2,1-4H3. The maximum Gasteiger partial charge on any atom is 0.0616 e. The van der Waals surface area contributed by atoms with E-state index in [0.29, 0.717) is 18.1 Å². The average molecular weight is 289 g/mol. The Labute approximate surface area is 130 Å². The van der Waals surface area contributed by atoms with E-state index in [0.717, 1.165) is 26.0 Å². The molecule has 0 saturated carbocycles. The van der Waals surface area contributed by atoms with Gasteiger partial charge in [0.1, 0.15) is 0 Å². The molecule has 118 valence electrons. The summed E-state index contributed by atoms with van der Waals surface area (Å²) in [6.45, 7) is 10.9. The van der Waals surface area contributed by atoms with E-state index in [4.69, 9.17) is 4.74 Å². The van der Waals surface area contributed by atoms with Crippen LogP contribution in [0.4, 0.5) is 0 Å². The molecule has 0 radical (unpaired) electrons. The zero-order valence-corrected chi connectivity index (χ0v) is 14.1. The predicted octanol–water partition coefficient (Wildman–Crippen LogP) is 4.03. The quantitative estimate of drug-likeness (QED) is 0.818. The first kappa shape index (κ1) is 16.5. The number of ether oxygens (including phenoxy) is 1. The molecule has 1 aliphatic rings. The van der Waals surface area contributed by atoms with Crippen LogP contribution in [0.2, 0.25) is 0 Å². The van der Waals surface area contributed by atoms with Gasteiger partial charge in [-0.05, 0) is 51.6 Å². The lowest BCUT2D eigenvalue weighted by Crippen LogP contribution is -2.41. The Balaban J connectivity index is 2.11. The Morgan fingerprint density at radius 1 is 1.19 bits per heavy atom.